The molecule has 0 spiro atoms. The maximum atomic E-state index is 12.7. The van der Waals surface area contributed by atoms with Crippen molar-refractivity contribution in [1.29, 1.82) is 0 Å². The monoisotopic (exact) mass is 410 g/mol. The number of amides is 1. The molecule has 0 atom stereocenters. The summed E-state index contributed by atoms with van der Waals surface area (Å²) in [7, 11) is -1.70. The van der Waals surface area contributed by atoms with Crippen molar-refractivity contribution in [2.24, 2.45) is 5.92 Å². The molecule has 6 nitrogen and oxygen atoms in total. The number of fused-ring (bicyclic) bond motifs is 1. The van der Waals surface area contributed by atoms with Crippen molar-refractivity contribution >= 4 is 15.9 Å². The summed E-state index contributed by atoms with van der Waals surface area (Å²) in [6.07, 6.45) is 4.86. The molecule has 1 N–H and O–H groups in total. The van der Waals surface area contributed by atoms with E-state index in [0.717, 1.165) is 42.6 Å². The molecule has 2 rings (SSSR count). The molecule has 0 saturated heterocycles. The van der Waals surface area contributed by atoms with Crippen molar-refractivity contribution in [2.75, 3.05) is 26.0 Å². The summed E-state index contributed by atoms with van der Waals surface area (Å²) in [6.45, 7) is 5.46. The van der Waals surface area contributed by atoms with Gasteiger partial charge in [0, 0.05) is 25.6 Å². The molecule has 1 aliphatic heterocycles. The number of nitrogens with zero attached hydrogens (tertiary/aromatic N) is 1. The zero-order chi connectivity index (χ0) is 20.6. The van der Waals surface area contributed by atoms with Crippen molar-refractivity contribution in [3.63, 3.8) is 0 Å². The SMILES string of the molecule is CCCC(CCC)C(=O)NCCCS(=O)(=O)N1CCc2cc(OC)ccc2C1. The highest BCUT2D eigenvalue weighted by atomic mass is 32.2. The lowest BCUT2D eigenvalue weighted by Crippen LogP contribution is -2.38. The van der Waals surface area contributed by atoms with Gasteiger partial charge < -0.3 is 10.1 Å². The van der Waals surface area contributed by atoms with Gasteiger partial charge in [0.25, 0.3) is 0 Å². The standard InChI is InChI=1S/C21H34N2O4S/c1-4-7-17(8-5-2)21(24)22-12-6-14-28(25,26)23-13-11-18-15-20(27-3)10-9-19(18)16-23/h9-10,15,17H,4-8,11-14,16H2,1-3H3,(H,22,24). The van der Waals surface area contributed by atoms with Gasteiger partial charge in [0.1, 0.15) is 5.75 Å². The number of hydrogen-bond acceptors (Lipinski definition) is 4. The average molecular weight is 411 g/mol. The maximum absolute atomic E-state index is 12.7. The van der Waals surface area contributed by atoms with Gasteiger partial charge in [-0.3, -0.25) is 4.79 Å². The molecule has 0 unspecified atom stereocenters. The predicted octanol–water partition coefficient (Wildman–Crippen LogP) is 3.11. The molecule has 28 heavy (non-hydrogen) atoms. The first-order chi connectivity index (χ1) is 13.4. The number of carbonyl (C=O) groups is 1. The molecule has 1 amide bonds. The number of methoxy groups -OCH3 is 1. The Kier molecular flexibility index (Phi) is 8.76. The molecule has 158 valence electrons. The Balaban J connectivity index is 1.83. The van der Waals surface area contributed by atoms with E-state index < -0.39 is 10.0 Å². The third kappa shape index (κ3) is 6.21. The maximum Gasteiger partial charge on any atom is 0.223 e. The predicted molar refractivity (Wildman–Crippen MR) is 112 cm³/mol. The van der Waals surface area contributed by atoms with E-state index in [1.165, 1.54) is 0 Å². The van der Waals surface area contributed by atoms with Crippen LogP contribution in [0.4, 0.5) is 0 Å². The van der Waals surface area contributed by atoms with E-state index in [-0.39, 0.29) is 17.6 Å². The summed E-state index contributed by atoms with van der Waals surface area (Å²) < 4.78 is 32.2. The van der Waals surface area contributed by atoms with Gasteiger partial charge in [-0.05, 0) is 48.9 Å². The summed E-state index contributed by atoms with van der Waals surface area (Å²) in [5.74, 6) is 0.963. The zero-order valence-electron chi connectivity index (χ0n) is 17.4. The van der Waals surface area contributed by atoms with Crippen LogP contribution in [0.1, 0.15) is 57.1 Å². The molecular formula is C21H34N2O4S. The van der Waals surface area contributed by atoms with E-state index in [2.05, 4.69) is 19.2 Å². The van der Waals surface area contributed by atoms with Gasteiger partial charge in [-0.25, -0.2) is 8.42 Å². The molecule has 7 heteroatoms. The highest BCUT2D eigenvalue weighted by molar-refractivity contribution is 7.89. The van der Waals surface area contributed by atoms with Gasteiger partial charge >= 0.3 is 0 Å². The molecular weight excluding hydrogens is 376 g/mol. The molecule has 1 aliphatic rings. The Morgan fingerprint density at radius 1 is 1.21 bits per heavy atom. The van der Waals surface area contributed by atoms with E-state index in [1.807, 2.05) is 18.2 Å². The van der Waals surface area contributed by atoms with Crippen LogP contribution in [0.2, 0.25) is 0 Å². The highest BCUT2D eigenvalue weighted by Gasteiger charge is 2.26. The van der Waals surface area contributed by atoms with Crippen molar-refractivity contribution in [3.05, 3.63) is 29.3 Å². The summed E-state index contributed by atoms with van der Waals surface area (Å²) in [5.41, 5.74) is 2.18. The fraction of sp³-hybridized carbons (Fsp3) is 0.667. The van der Waals surface area contributed by atoms with Gasteiger partial charge in [-0.2, -0.15) is 4.31 Å². The Morgan fingerprint density at radius 3 is 2.57 bits per heavy atom. The minimum Gasteiger partial charge on any atom is -0.497 e. The fourth-order valence-corrected chi connectivity index (χ4v) is 5.18. The summed E-state index contributed by atoms with van der Waals surface area (Å²) >= 11 is 0. The number of hydrogen-bond donors (Lipinski definition) is 1. The van der Waals surface area contributed by atoms with Crippen LogP contribution in [-0.2, 0) is 27.8 Å². The largest absolute Gasteiger partial charge is 0.497 e. The minimum atomic E-state index is -3.33. The van der Waals surface area contributed by atoms with E-state index >= 15 is 0 Å². The highest BCUT2D eigenvalue weighted by Crippen LogP contribution is 2.25. The topological polar surface area (TPSA) is 75.7 Å². The second kappa shape index (κ2) is 10.8. The van der Waals surface area contributed by atoms with Crippen LogP contribution in [0, 0.1) is 5.92 Å². The van der Waals surface area contributed by atoms with E-state index in [1.54, 1.807) is 11.4 Å². The number of carbonyl (C=O) groups excluding carboxylic acids is 1. The Labute approximate surface area is 169 Å². The van der Waals surface area contributed by atoms with Crippen molar-refractivity contribution < 1.29 is 17.9 Å². The normalized spacial score (nSPS) is 14.7. The Bertz CT molecular complexity index is 743. The number of sulfonamides is 1. The van der Waals surface area contributed by atoms with Gasteiger partial charge in [-0.15, -0.1) is 0 Å². The molecule has 1 aromatic rings. The van der Waals surface area contributed by atoms with Crippen LogP contribution in [0.25, 0.3) is 0 Å². The lowest BCUT2D eigenvalue weighted by atomic mass is 9.97. The van der Waals surface area contributed by atoms with Crippen LogP contribution in [0.3, 0.4) is 0 Å². The first-order valence-corrected chi connectivity index (χ1v) is 11.9. The average Bonchev–Trinajstić information content (AvgIpc) is 2.70. The van der Waals surface area contributed by atoms with Crippen LogP contribution in [0.5, 0.6) is 5.75 Å². The smallest absolute Gasteiger partial charge is 0.223 e. The van der Waals surface area contributed by atoms with Gasteiger partial charge in [-0.1, -0.05) is 32.8 Å². The number of ether oxygens (including phenoxy) is 1. The summed E-state index contributed by atoms with van der Waals surface area (Å²) in [5, 5.41) is 2.92. The van der Waals surface area contributed by atoms with Gasteiger partial charge in [0.15, 0.2) is 0 Å². The molecule has 1 heterocycles. The van der Waals surface area contributed by atoms with Crippen LogP contribution >= 0.6 is 0 Å². The van der Waals surface area contributed by atoms with E-state index in [4.69, 9.17) is 4.74 Å². The first kappa shape index (κ1) is 22.7. The first-order valence-electron chi connectivity index (χ1n) is 10.3. The minimum absolute atomic E-state index is 0.0437. The lowest BCUT2D eigenvalue weighted by Gasteiger charge is -2.28. The Hall–Kier alpha value is -1.60. The van der Waals surface area contributed by atoms with E-state index in [9.17, 15) is 13.2 Å². The van der Waals surface area contributed by atoms with Gasteiger partial charge in [0.05, 0.1) is 12.9 Å². The second-order valence-electron chi connectivity index (χ2n) is 7.45. The molecule has 0 aliphatic carbocycles. The second-order valence-corrected chi connectivity index (χ2v) is 9.54. The molecule has 0 saturated carbocycles. The van der Waals surface area contributed by atoms with E-state index in [0.29, 0.717) is 32.5 Å². The third-order valence-electron chi connectivity index (χ3n) is 5.31. The molecule has 1 aromatic carbocycles. The number of benzene rings is 1. The summed E-state index contributed by atoms with van der Waals surface area (Å²) in [6, 6.07) is 5.79. The number of rotatable bonds is 11. The third-order valence-corrected chi connectivity index (χ3v) is 7.21. The summed E-state index contributed by atoms with van der Waals surface area (Å²) in [4.78, 5) is 12.3. The van der Waals surface area contributed by atoms with Crippen molar-refractivity contribution in [2.45, 2.75) is 58.9 Å². The number of nitrogens with one attached hydrogen (secondary N) is 1. The molecule has 0 radical (unpaired) electrons. The van der Waals surface area contributed by atoms with Crippen molar-refractivity contribution in [1.82, 2.24) is 9.62 Å². The van der Waals surface area contributed by atoms with Gasteiger partial charge in [0.2, 0.25) is 15.9 Å². The van der Waals surface area contributed by atoms with Crippen molar-refractivity contribution in [3.8, 4) is 5.75 Å². The van der Waals surface area contributed by atoms with Crippen LogP contribution in [-0.4, -0.2) is 44.6 Å². The molecule has 0 aromatic heterocycles. The quantitative estimate of drug-likeness (QED) is 0.569. The molecule has 0 fully saturated rings. The van der Waals surface area contributed by atoms with Crippen LogP contribution < -0.4 is 10.1 Å². The molecule has 0 bridgehead atoms. The Morgan fingerprint density at radius 2 is 1.93 bits per heavy atom. The lowest BCUT2D eigenvalue weighted by molar-refractivity contribution is -0.125. The zero-order valence-corrected chi connectivity index (χ0v) is 18.2. The fourth-order valence-electron chi connectivity index (χ4n) is 3.71. The van der Waals surface area contributed by atoms with Crippen LogP contribution in [0.15, 0.2) is 18.2 Å².